The highest BCUT2D eigenvalue weighted by molar-refractivity contribution is 5.94. The SMILES string of the molecule is C[N+]1(C)CCN(Cc2cccc(-c3cccc(CNC(=O)c4ccc5c(c4)OCO5)c3)c2)CC1.O=C(O)C(F)(F)F.O=C([O-])C(F)(F)F. The number of hydrogen-bond acceptors (Lipinski definition) is 7. The third kappa shape index (κ3) is 11.8. The van der Waals surface area contributed by atoms with Crippen molar-refractivity contribution < 1.29 is 64.9 Å². The van der Waals surface area contributed by atoms with Crippen LogP contribution in [0, 0.1) is 0 Å². The molecule has 2 aliphatic heterocycles. The van der Waals surface area contributed by atoms with Gasteiger partial charge < -0.3 is 34.3 Å². The van der Waals surface area contributed by atoms with Crippen molar-refractivity contribution in [3.63, 3.8) is 0 Å². The maximum atomic E-state index is 12.6. The maximum Gasteiger partial charge on any atom is 0.490 e. The number of hydrogen-bond donors (Lipinski definition) is 2. The van der Waals surface area contributed by atoms with E-state index in [9.17, 15) is 31.1 Å². The Hall–Kier alpha value is -4.83. The van der Waals surface area contributed by atoms with Crippen molar-refractivity contribution in [2.24, 2.45) is 0 Å². The first-order valence-electron chi connectivity index (χ1n) is 14.3. The number of piperazine rings is 1. The minimum Gasteiger partial charge on any atom is -0.542 e. The molecule has 2 aliphatic rings. The summed E-state index contributed by atoms with van der Waals surface area (Å²) in [5, 5.41) is 18.9. The highest BCUT2D eigenvalue weighted by Crippen LogP contribution is 2.32. The van der Waals surface area contributed by atoms with Crippen LogP contribution in [0.2, 0.25) is 0 Å². The van der Waals surface area contributed by atoms with Crippen molar-refractivity contribution >= 4 is 17.8 Å². The fourth-order valence-electron chi connectivity index (χ4n) is 4.50. The molecule has 1 amide bonds. The molecule has 2 N–H and O–H groups in total. The van der Waals surface area contributed by atoms with E-state index in [2.05, 4.69) is 66.8 Å². The molecule has 1 saturated heterocycles. The monoisotopic (exact) mass is 685 g/mol. The lowest BCUT2D eigenvalue weighted by Crippen LogP contribution is -2.54. The Morgan fingerprint density at radius 3 is 1.90 bits per heavy atom. The lowest BCUT2D eigenvalue weighted by Gasteiger charge is -2.39. The average molecular weight is 686 g/mol. The molecule has 16 heteroatoms. The van der Waals surface area contributed by atoms with Gasteiger partial charge in [0.15, 0.2) is 11.5 Å². The number of nitrogens with zero attached hydrogens (tertiary/aromatic N) is 2. The summed E-state index contributed by atoms with van der Waals surface area (Å²) in [6.07, 6.45) is -10.3. The predicted octanol–water partition coefficient (Wildman–Crippen LogP) is 3.84. The van der Waals surface area contributed by atoms with Gasteiger partial charge in [-0.25, -0.2) is 4.79 Å². The van der Waals surface area contributed by atoms with E-state index in [1.807, 2.05) is 6.07 Å². The van der Waals surface area contributed by atoms with Crippen molar-refractivity contribution in [1.82, 2.24) is 10.2 Å². The van der Waals surface area contributed by atoms with Gasteiger partial charge in [0.25, 0.3) is 5.91 Å². The topological polar surface area (TPSA) is 128 Å². The number of carboxylic acid groups (broad SMARTS) is 2. The van der Waals surface area contributed by atoms with Crippen LogP contribution in [-0.4, -0.2) is 91.8 Å². The summed E-state index contributed by atoms with van der Waals surface area (Å²) < 4.78 is 75.1. The van der Waals surface area contributed by atoms with Gasteiger partial charge in [0.2, 0.25) is 6.79 Å². The second-order valence-corrected chi connectivity index (χ2v) is 11.4. The van der Waals surface area contributed by atoms with Crippen LogP contribution >= 0.6 is 0 Å². The van der Waals surface area contributed by atoms with E-state index in [0.717, 1.165) is 35.2 Å². The van der Waals surface area contributed by atoms with Crippen molar-refractivity contribution in [2.75, 3.05) is 47.1 Å². The average Bonchev–Trinajstić information content (AvgIpc) is 3.49. The Morgan fingerprint density at radius 2 is 1.35 bits per heavy atom. The van der Waals surface area contributed by atoms with Gasteiger partial charge in [0.05, 0.1) is 27.2 Å². The first-order valence-corrected chi connectivity index (χ1v) is 14.3. The number of halogens is 6. The number of fused-ring (bicyclic) bond motifs is 1. The van der Waals surface area contributed by atoms with Crippen LogP contribution in [0.15, 0.2) is 66.7 Å². The first kappa shape index (κ1) is 37.6. The van der Waals surface area contributed by atoms with Crippen molar-refractivity contribution in [1.29, 1.82) is 0 Å². The molecule has 10 nitrogen and oxygen atoms in total. The molecule has 2 heterocycles. The molecule has 0 aromatic heterocycles. The summed E-state index contributed by atoms with van der Waals surface area (Å²) >= 11 is 0. The maximum absolute atomic E-state index is 12.6. The van der Waals surface area contributed by atoms with E-state index in [1.165, 1.54) is 24.2 Å². The molecule has 3 aromatic rings. The Bertz CT molecular complexity index is 1560. The standard InChI is InChI=1S/C28H31N3O3.2C2HF3O2/c1-31(2)13-11-30(12-14-31)19-22-6-4-8-24(16-22)23-7-3-5-21(15-23)18-29-28(32)25-9-10-26-27(17-25)34-20-33-26;2*3-2(4,5)1(6)7/h3-10,15-17H,11-14,18-20H2,1-2H3;2*(H,6,7). The minimum absolute atomic E-state index is 0.131. The third-order valence-corrected chi connectivity index (χ3v) is 7.20. The number of aliphatic carboxylic acids is 2. The predicted molar refractivity (Wildman–Crippen MR) is 157 cm³/mol. The number of carboxylic acids is 2. The van der Waals surface area contributed by atoms with Crippen LogP contribution in [0.25, 0.3) is 11.1 Å². The number of benzene rings is 3. The van der Waals surface area contributed by atoms with Gasteiger partial charge in [-0.3, -0.25) is 9.69 Å². The summed E-state index contributed by atoms with van der Waals surface area (Å²) in [4.78, 5) is 32.9. The van der Waals surface area contributed by atoms with Gasteiger partial charge in [-0.1, -0.05) is 36.4 Å². The molecule has 5 rings (SSSR count). The van der Waals surface area contributed by atoms with Crippen molar-refractivity contribution in [3.05, 3.63) is 83.4 Å². The molecule has 0 atom stereocenters. The highest BCUT2D eigenvalue weighted by atomic mass is 19.4. The van der Waals surface area contributed by atoms with Crippen LogP contribution in [0.4, 0.5) is 26.3 Å². The Balaban J connectivity index is 0.000000376. The van der Waals surface area contributed by atoms with Crippen LogP contribution in [0.3, 0.4) is 0 Å². The van der Waals surface area contributed by atoms with Gasteiger partial charge >= 0.3 is 18.3 Å². The molecule has 0 saturated carbocycles. The lowest BCUT2D eigenvalue weighted by atomic mass is 10.0. The van der Waals surface area contributed by atoms with Gasteiger partial charge in [0, 0.05) is 31.7 Å². The van der Waals surface area contributed by atoms with E-state index >= 15 is 0 Å². The Morgan fingerprint density at radius 1 is 0.833 bits per heavy atom. The summed E-state index contributed by atoms with van der Waals surface area (Å²) in [6, 6.07) is 22.4. The summed E-state index contributed by atoms with van der Waals surface area (Å²) in [5.74, 6) is -4.61. The first-order chi connectivity index (χ1) is 22.3. The summed E-state index contributed by atoms with van der Waals surface area (Å²) in [7, 11) is 4.62. The minimum atomic E-state index is -5.19. The number of carbonyl (C=O) groups is 3. The van der Waals surface area contributed by atoms with E-state index in [4.69, 9.17) is 29.3 Å². The number of ether oxygens (including phenoxy) is 2. The lowest BCUT2D eigenvalue weighted by molar-refractivity contribution is -0.894. The van der Waals surface area contributed by atoms with Crippen LogP contribution in [-0.2, 0) is 22.7 Å². The second-order valence-electron chi connectivity index (χ2n) is 11.4. The molecule has 0 unspecified atom stereocenters. The van der Waals surface area contributed by atoms with Gasteiger partial charge in [-0.05, 0) is 52.6 Å². The molecule has 0 aliphatic carbocycles. The molecular formula is C32H33F6N3O7. The zero-order valence-corrected chi connectivity index (χ0v) is 25.9. The fraction of sp³-hybridized carbons (Fsp3) is 0.344. The smallest absolute Gasteiger partial charge is 0.490 e. The Labute approximate surface area is 271 Å². The number of carbonyl (C=O) groups excluding carboxylic acids is 2. The van der Waals surface area contributed by atoms with Crippen molar-refractivity contribution in [2.45, 2.75) is 25.4 Å². The summed E-state index contributed by atoms with van der Waals surface area (Å²) in [6.45, 7) is 6.30. The molecular weight excluding hydrogens is 652 g/mol. The number of quaternary nitrogens is 1. The largest absolute Gasteiger partial charge is 0.542 e. The van der Waals surface area contributed by atoms with E-state index in [0.29, 0.717) is 23.6 Å². The van der Waals surface area contributed by atoms with Crippen molar-refractivity contribution in [3.8, 4) is 22.6 Å². The van der Waals surface area contributed by atoms with Gasteiger partial charge in [-0.15, -0.1) is 0 Å². The molecule has 1 fully saturated rings. The quantitative estimate of drug-likeness (QED) is 0.296. The highest BCUT2D eigenvalue weighted by Gasteiger charge is 2.38. The van der Waals surface area contributed by atoms with Crippen LogP contribution in [0.1, 0.15) is 21.5 Å². The van der Waals surface area contributed by atoms with Gasteiger partial charge in [-0.2, -0.15) is 26.3 Å². The number of amides is 1. The molecule has 0 radical (unpaired) electrons. The molecule has 3 aromatic carbocycles. The Kier molecular flexibility index (Phi) is 12.4. The molecule has 260 valence electrons. The molecule has 0 bridgehead atoms. The van der Waals surface area contributed by atoms with Gasteiger partial charge in [0.1, 0.15) is 5.97 Å². The van der Waals surface area contributed by atoms with E-state index in [1.54, 1.807) is 18.2 Å². The zero-order valence-electron chi connectivity index (χ0n) is 25.9. The molecule has 48 heavy (non-hydrogen) atoms. The molecule has 0 spiro atoms. The normalized spacial score (nSPS) is 15.2. The van der Waals surface area contributed by atoms with Crippen LogP contribution < -0.4 is 19.9 Å². The van der Waals surface area contributed by atoms with E-state index < -0.39 is 24.3 Å². The second kappa shape index (κ2) is 15.8. The summed E-state index contributed by atoms with van der Waals surface area (Å²) in [5.41, 5.74) is 5.33. The number of likely N-dealkylation sites (N-methyl/N-ethyl adjacent to an activating group) is 1. The van der Waals surface area contributed by atoms with Crippen LogP contribution in [0.5, 0.6) is 11.5 Å². The fourth-order valence-corrected chi connectivity index (χ4v) is 4.50. The number of nitrogens with one attached hydrogen (secondary N) is 1. The number of alkyl halides is 6. The number of rotatable bonds is 6. The third-order valence-electron chi connectivity index (χ3n) is 7.20. The van der Waals surface area contributed by atoms with E-state index in [-0.39, 0.29) is 12.7 Å². The zero-order chi connectivity index (χ0) is 35.7.